The molecule has 2 aromatic rings. The fourth-order valence-corrected chi connectivity index (χ4v) is 2.82. The summed E-state index contributed by atoms with van der Waals surface area (Å²) >= 11 is 1.43. The van der Waals surface area contributed by atoms with Gasteiger partial charge in [-0.2, -0.15) is 0 Å². The number of thiophene rings is 1. The standard InChI is InChI=1S/C15H21N3O3S/c1-15(2,5-7-19)9-16-12(20)3-6-18-10-17-13-11(14(18)21)4-8-22-13/h4,8,10,19H,3,5-7,9H2,1-2H3,(H,16,20). The number of hydrogen-bond donors (Lipinski definition) is 2. The van der Waals surface area contributed by atoms with E-state index >= 15 is 0 Å². The molecule has 0 bridgehead atoms. The molecule has 120 valence electrons. The molecular weight excluding hydrogens is 302 g/mol. The van der Waals surface area contributed by atoms with Crippen molar-refractivity contribution >= 4 is 27.5 Å². The summed E-state index contributed by atoms with van der Waals surface area (Å²) in [6.45, 7) is 4.89. The number of nitrogens with one attached hydrogen (secondary N) is 1. The summed E-state index contributed by atoms with van der Waals surface area (Å²) in [4.78, 5) is 29.0. The van der Waals surface area contributed by atoms with Gasteiger partial charge in [0, 0.05) is 26.1 Å². The number of aromatic nitrogens is 2. The summed E-state index contributed by atoms with van der Waals surface area (Å²) in [5.74, 6) is -0.108. The largest absolute Gasteiger partial charge is 0.396 e. The van der Waals surface area contributed by atoms with Crippen LogP contribution in [0.5, 0.6) is 0 Å². The van der Waals surface area contributed by atoms with E-state index in [1.807, 2.05) is 19.2 Å². The lowest BCUT2D eigenvalue weighted by atomic mass is 9.90. The zero-order valence-corrected chi connectivity index (χ0v) is 13.7. The van der Waals surface area contributed by atoms with Crippen LogP contribution in [0.1, 0.15) is 26.7 Å². The van der Waals surface area contributed by atoms with Crippen LogP contribution in [0.2, 0.25) is 0 Å². The highest BCUT2D eigenvalue weighted by molar-refractivity contribution is 7.16. The molecule has 1 amide bonds. The monoisotopic (exact) mass is 323 g/mol. The SMILES string of the molecule is CC(C)(CCO)CNC(=O)CCn1cnc2sccc2c1=O. The van der Waals surface area contributed by atoms with Gasteiger partial charge in [0.2, 0.25) is 5.91 Å². The molecule has 0 spiro atoms. The molecule has 22 heavy (non-hydrogen) atoms. The second-order valence-electron chi connectivity index (χ2n) is 6.05. The highest BCUT2D eigenvalue weighted by Crippen LogP contribution is 2.18. The predicted molar refractivity (Wildman–Crippen MR) is 87.0 cm³/mol. The Kier molecular flexibility index (Phi) is 5.31. The van der Waals surface area contributed by atoms with Crippen LogP contribution in [0.3, 0.4) is 0 Å². The normalized spacial score (nSPS) is 11.8. The van der Waals surface area contributed by atoms with Gasteiger partial charge in [-0.25, -0.2) is 4.98 Å². The summed E-state index contributed by atoms with van der Waals surface area (Å²) in [6.07, 6.45) is 2.35. The summed E-state index contributed by atoms with van der Waals surface area (Å²) < 4.78 is 1.47. The Balaban J connectivity index is 1.90. The molecule has 0 saturated heterocycles. The van der Waals surface area contributed by atoms with Gasteiger partial charge in [-0.05, 0) is 23.3 Å². The molecule has 0 fully saturated rings. The van der Waals surface area contributed by atoms with Crippen LogP contribution in [-0.2, 0) is 11.3 Å². The Morgan fingerprint density at radius 3 is 3.00 bits per heavy atom. The summed E-state index contributed by atoms with van der Waals surface area (Å²) in [6, 6.07) is 1.75. The van der Waals surface area contributed by atoms with Crippen molar-refractivity contribution in [2.24, 2.45) is 5.41 Å². The van der Waals surface area contributed by atoms with Gasteiger partial charge < -0.3 is 10.4 Å². The van der Waals surface area contributed by atoms with Crippen LogP contribution >= 0.6 is 11.3 Å². The van der Waals surface area contributed by atoms with E-state index in [0.717, 1.165) is 4.83 Å². The predicted octanol–water partition coefficient (Wildman–Crippen LogP) is 1.37. The number of hydrogen-bond acceptors (Lipinski definition) is 5. The number of carbonyl (C=O) groups is 1. The molecule has 0 saturated carbocycles. The van der Waals surface area contributed by atoms with Gasteiger partial charge in [-0.1, -0.05) is 13.8 Å². The van der Waals surface area contributed by atoms with Crippen LogP contribution in [0.4, 0.5) is 0 Å². The third-order valence-electron chi connectivity index (χ3n) is 3.58. The minimum Gasteiger partial charge on any atom is -0.396 e. The lowest BCUT2D eigenvalue weighted by Gasteiger charge is -2.23. The lowest BCUT2D eigenvalue weighted by Crippen LogP contribution is -2.35. The van der Waals surface area contributed by atoms with E-state index in [0.29, 0.717) is 24.9 Å². The Bertz CT molecular complexity index is 705. The van der Waals surface area contributed by atoms with Crippen molar-refractivity contribution in [1.29, 1.82) is 0 Å². The smallest absolute Gasteiger partial charge is 0.262 e. The van der Waals surface area contributed by atoms with Crippen molar-refractivity contribution in [2.45, 2.75) is 33.2 Å². The van der Waals surface area contributed by atoms with Crippen molar-refractivity contribution in [1.82, 2.24) is 14.9 Å². The van der Waals surface area contributed by atoms with Crippen molar-refractivity contribution in [2.75, 3.05) is 13.2 Å². The minimum absolute atomic E-state index is 0.102. The average molecular weight is 323 g/mol. The van der Waals surface area contributed by atoms with Crippen LogP contribution in [0.15, 0.2) is 22.6 Å². The zero-order chi connectivity index (χ0) is 16.2. The fourth-order valence-electron chi connectivity index (χ4n) is 2.09. The van der Waals surface area contributed by atoms with E-state index in [2.05, 4.69) is 10.3 Å². The number of amides is 1. The number of aryl methyl sites for hydroxylation is 1. The molecule has 0 aliphatic heterocycles. The molecule has 2 aromatic heterocycles. The molecule has 0 unspecified atom stereocenters. The maximum absolute atomic E-state index is 12.2. The van der Waals surface area contributed by atoms with Gasteiger partial charge in [0.1, 0.15) is 4.83 Å². The fraction of sp³-hybridized carbons (Fsp3) is 0.533. The minimum atomic E-state index is -0.140. The highest BCUT2D eigenvalue weighted by atomic mass is 32.1. The zero-order valence-electron chi connectivity index (χ0n) is 12.8. The Labute approximate surface area is 132 Å². The van der Waals surface area contributed by atoms with E-state index in [-0.39, 0.29) is 29.9 Å². The summed E-state index contributed by atoms with van der Waals surface area (Å²) in [5.41, 5.74) is -0.252. The van der Waals surface area contributed by atoms with Crippen LogP contribution < -0.4 is 10.9 Å². The van der Waals surface area contributed by atoms with E-state index in [4.69, 9.17) is 5.11 Å². The van der Waals surface area contributed by atoms with Crippen molar-refractivity contribution in [3.05, 3.63) is 28.1 Å². The maximum Gasteiger partial charge on any atom is 0.262 e. The molecule has 7 heteroatoms. The van der Waals surface area contributed by atoms with Gasteiger partial charge in [-0.3, -0.25) is 14.2 Å². The van der Waals surface area contributed by atoms with Crippen molar-refractivity contribution in [3.8, 4) is 0 Å². The van der Waals surface area contributed by atoms with E-state index in [1.54, 1.807) is 6.07 Å². The Morgan fingerprint density at radius 2 is 2.27 bits per heavy atom. The molecule has 6 nitrogen and oxygen atoms in total. The first-order valence-corrected chi connectivity index (χ1v) is 8.11. The van der Waals surface area contributed by atoms with Crippen molar-refractivity contribution in [3.63, 3.8) is 0 Å². The third kappa shape index (κ3) is 4.14. The van der Waals surface area contributed by atoms with Gasteiger partial charge >= 0.3 is 0 Å². The molecular formula is C15H21N3O3S. The van der Waals surface area contributed by atoms with Gasteiger partial charge in [0.15, 0.2) is 0 Å². The number of fused-ring (bicyclic) bond motifs is 1. The van der Waals surface area contributed by atoms with Crippen LogP contribution in [0.25, 0.3) is 10.2 Å². The molecule has 2 rings (SSSR count). The number of aliphatic hydroxyl groups is 1. The van der Waals surface area contributed by atoms with Gasteiger partial charge in [-0.15, -0.1) is 11.3 Å². The van der Waals surface area contributed by atoms with Crippen LogP contribution in [-0.4, -0.2) is 33.7 Å². The number of carbonyl (C=O) groups excluding carboxylic acids is 1. The number of aliphatic hydroxyl groups excluding tert-OH is 1. The maximum atomic E-state index is 12.2. The van der Waals surface area contributed by atoms with Crippen molar-refractivity contribution < 1.29 is 9.90 Å². The Morgan fingerprint density at radius 1 is 1.50 bits per heavy atom. The molecule has 0 aromatic carbocycles. The third-order valence-corrected chi connectivity index (χ3v) is 4.40. The molecule has 0 aliphatic rings. The quantitative estimate of drug-likeness (QED) is 0.806. The van der Waals surface area contributed by atoms with Crippen LogP contribution in [0, 0.1) is 5.41 Å². The second-order valence-corrected chi connectivity index (χ2v) is 6.94. The van der Waals surface area contributed by atoms with E-state index < -0.39 is 0 Å². The Hall–Kier alpha value is -1.73. The van der Waals surface area contributed by atoms with E-state index in [9.17, 15) is 9.59 Å². The van der Waals surface area contributed by atoms with Gasteiger partial charge in [0.25, 0.3) is 5.56 Å². The highest BCUT2D eigenvalue weighted by Gasteiger charge is 2.18. The second kappa shape index (κ2) is 7.02. The molecule has 0 aliphatic carbocycles. The molecule has 0 atom stereocenters. The molecule has 2 heterocycles. The average Bonchev–Trinajstić information content (AvgIpc) is 2.94. The van der Waals surface area contributed by atoms with E-state index in [1.165, 1.54) is 22.2 Å². The first-order valence-electron chi connectivity index (χ1n) is 7.23. The van der Waals surface area contributed by atoms with Gasteiger partial charge in [0.05, 0.1) is 11.7 Å². The topological polar surface area (TPSA) is 84.2 Å². The molecule has 0 radical (unpaired) electrons. The number of nitrogens with zero attached hydrogens (tertiary/aromatic N) is 2. The summed E-state index contributed by atoms with van der Waals surface area (Å²) in [5, 5.41) is 14.2. The first kappa shape index (κ1) is 16.6. The summed E-state index contributed by atoms with van der Waals surface area (Å²) in [7, 11) is 0. The molecule has 2 N–H and O–H groups in total. The lowest BCUT2D eigenvalue weighted by molar-refractivity contribution is -0.121. The number of rotatable bonds is 7. The first-order chi connectivity index (χ1) is 10.4.